The van der Waals surface area contributed by atoms with Gasteiger partial charge in [0.25, 0.3) is 5.91 Å². The van der Waals surface area contributed by atoms with Crippen molar-refractivity contribution in [2.45, 2.75) is 45.3 Å². The van der Waals surface area contributed by atoms with Crippen LogP contribution in [0.4, 0.5) is 5.69 Å². The van der Waals surface area contributed by atoms with Crippen molar-refractivity contribution in [3.05, 3.63) is 18.2 Å². The molecule has 1 aromatic rings. The van der Waals surface area contributed by atoms with Gasteiger partial charge in [-0.15, -0.1) is 0 Å². The Hall–Kier alpha value is -2.48. The second-order valence-corrected chi connectivity index (χ2v) is 7.93. The van der Waals surface area contributed by atoms with E-state index in [1.165, 1.54) is 4.90 Å². The van der Waals surface area contributed by atoms with E-state index < -0.39 is 17.5 Å². The van der Waals surface area contributed by atoms with Crippen LogP contribution in [0.5, 0.6) is 11.5 Å². The number of carboxylic acid groups (broad SMARTS) is 1. The van der Waals surface area contributed by atoms with Gasteiger partial charge in [-0.1, -0.05) is 13.8 Å². The lowest BCUT2D eigenvalue weighted by molar-refractivity contribution is -0.174. The highest BCUT2D eigenvalue weighted by Crippen LogP contribution is 2.33. The van der Waals surface area contributed by atoms with Crippen LogP contribution in [0.2, 0.25) is 0 Å². The fraction of sp³-hybridized carbons (Fsp3) is 0.619. The maximum absolute atomic E-state index is 13.0. The van der Waals surface area contributed by atoms with E-state index in [1.807, 2.05) is 39.0 Å². The molecule has 0 saturated carbocycles. The standard InChI is InChI=1S/C21H32N2O6/c1-14(2)8-9-21(27,20(25)26)19(24)23-11-10-22(13-15(23)3)16-6-7-17(28-4)18(12-16)29-5/h6-7,12,14-15,27H,8-11,13H2,1-5H3,(H,25,26)/t15-,21?/m1/s1. The van der Waals surface area contributed by atoms with Gasteiger partial charge in [0.2, 0.25) is 5.60 Å². The zero-order valence-corrected chi connectivity index (χ0v) is 17.8. The topological polar surface area (TPSA) is 99.5 Å². The molecular formula is C21H32N2O6. The summed E-state index contributed by atoms with van der Waals surface area (Å²) in [5, 5.41) is 20.2. The van der Waals surface area contributed by atoms with Crippen LogP contribution >= 0.6 is 0 Å². The van der Waals surface area contributed by atoms with Crippen molar-refractivity contribution in [1.29, 1.82) is 0 Å². The summed E-state index contributed by atoms with van der Waals surface area (Å²) in [6, 6.07) is 5.36. The number of amides is 1. The monoisotopic (exact) mass is 408 g/mol. The van der Waals surface area contributed by atoms with Gasteiger partial charge in [-0.05, 0) is 37.8 Å². The summed E-state index contributed by atoms with van der Waals surface area (Å²) in [7, 11) is 3.15. The first-order valence-corrected chi connectivity index (χ1v) is 9.87. The summed E-state index contributed by atoms with van der Waals surface area (Å²) in [5.74, 6) is -0.782. The normalized spacial score (nSPS) is 19.1. The molecule has 1 heterocycles. The van der Waals surface area contributed by atoms with Crippen molar-refractivity contribution >= 4 is 17.6 Å². The van der Waals surface area contributed by atoms with Crippen LogP contribution in [0, 0.1) is 5.92 Å². The van der Waals surface area contributed by atoms with Gasteiger partial charge in [0.1, 0.15) is 0 Å². The number of carboxylic acids is 1. The zero-order valence-electron chi connectivity index (χ0n) is 17.8. The van der Waals surface area contributed by atoms with Crippen LogP contribution in [0.3, 0.4) is 0 Å². The number of carbonyl (C=O) groups is 2. The molecule has 29 heavy (non-hydrogen) atoms. The van der Waals surface area contributed by atoms with Crippen LogP contribution in [-0.2, 0) is 9.59 Å². The molecule has 1 unspecified atom stereocenters. The molecule has 0 bridgehead atoms. The van der Waals surface area contributed by atoms with Gasteiger partial charge in [-0.3, -0.25) is 4.79 Å². The maximum Gasteiger partial charge on any atom is 0.345 e. The summed E-state index contributed by atoms with van der Waals surface area (Å²) in [6.45, 7) is 7.07. The minimum absolute atomic E-state index is 0.0958. The van der Waals surface area contributed by atoms with Crippen LogP contribution in [0.25, 0.3) is 0 Å². The Bertz CT molecular complexity index is 738. The largest absolute Gasteiger partial charge is 0.493 e. The second kappa shape index (κ2) is 9.35. The molecule has 2 rings (SSSR count). The Morgan fingerprint density at radius 3 is 2.38 bits per heavy atom. The van der Waals surface area contributed by atoms with Crippen molar-refractivity contribution in [3.63, 3.8) is 0 Å². The predicted octanol–water partition coefficient (Wildman–Crippen LogP) is 1.99. The number of aliphatic carboxylic acids is 1. The smallest absolute Gasteiger partial charge is 0.345 e. The molecule has 2 N–H and O–H groups in total. The minimum Gasteiger partial charge on any atom is -0.493 e. The Morgan fingerprint density at radius 2 is 1.86 bits per heavy atom. The SMILES string of the molecule is COc1ccc(N2CCN(C(=O)C(O)(CCC(C)C)C(=O)O)[C@H](C)C2)cc1OC. The summed E-state index contributed by atoms with van der Waals surface area (Å²) in [6.07, 6.45) is 0.357. The molecule has 1 aliphatic rings. The van der Waals surface area contributed by atoms with Gasteiger partial charge >= 0.3 is 5.97 Å². The molecule has 1 aromatic carbocycles. The Labute approximate surface area is 172 Å². The lowest BCUT2D eigenvalue weighted by Gasteiger charge is -2.43. The highest BCUT2D eigenvalue weighted by Gasteiger charge is 2.48. The fourth-order valence-electron chi connectivity index (χ4n) is 3.56. The third-order valence-electron chi connectivity index (χ3n) is 5.41. The summed E-state index contributed by atoms with van der Waals surface area (Å²) in [5.41, 5.74) is -1.46. The Kier molecular flexibility index (Phi) is 7.35. The molecule has 0 radical (unpaired) electrons. The molecule has 1 fully saturated rings. The maximum atomic E-state index is 13.0. The molecular weight excluding hydrogens is 376 g/mol. The second-order valence-electron chi connectivity index (χ2n) is 7.93. The molecule has 1 aliphatic heterocycles. The van der Waals surface area contributed by atoms with Gasteiger partial charge in [0.05, 0.1) is 14.2 Å². The van der Waals surface area contributed by atoms with Crippen molar-refractivity contribution in [3.8, 4) is 11.5 Å². The average Bonchev–Trinajstić information content (AvgIpc) is 2.70. The third kappa shape index (κ3) is 4.93. The van der Waals surface area contributed by atoms with E-state index in [-0.39, 0.29) is 18.4 Å². The van der Waals surface area contributed by atoms with E-state index in [0.717, 1.165) is 5.69 Å². The number of rotatable bonds is 8. The van der Waals surface area contributed by atoms with Gasteiger partial charge in [-0.2, -0.15) is 0 Å². The third-order valence-corrected chi connectivity index (χ3v) is 5.41. The summed E-state index contributed by atoms with van der Waals surface area (Å²) >= 11 is 0. The number of piperazine rings is 1. The molecule has 8 heteroatoms. The Morgan fingerprint density at radius 1 is 1.21 bits per heavy atom. The average molecular weight is 408 g/mol. The fourth-order valence-corrected chi connectivity index (χ4v) is 3.56. The number of carbonyl (C=O) groups excluding carboxylic acids is 1. The first-order valence-electron chi connectivity index (χ1n) is 9.87. The van der Waals surface area contributed by atoms with E-state index in [2.05, 4.69) is 4.90 Å². The minimum atomic E-state index is -2.38. The van der Waals surface area contributed by atoms with E-state index in [4.69, 9.17) is 9.47 Å². The molecule has 1 amide bonds. The molecule has 0 aliphatic carbocycles. The molecule has 0 aromatic heterocycles. The van der Waals surface area contributed by atoms with Gasteiger partial charge in [-0.25, -0.2) is 4.79 Å². The highest BCUT2D eigenvalue weighted by molar-refractivity contribution is 6.05. The van der Waals surface area contributed by atoms with Crippen molar-refractivity contribution < 1.29 is 29.3 Å². The van der Waals surface area contributed by atoms with E-state index in [0.29, 0.717) is 37.6 Å². The molecule has 2 atom stereocenters. The first-order chi connectivity index (χ1) is 13.6. The quantitative estimate of drug-likeness (QED) is 0.635. The lowest BCUT2D eigenvalue weighted by atomic mass is 9.91. The zero-order chi connectivity index (χ0) is 21.8. The van der Waals surface area contributed by atoms with E-state index in [1.54, 1.807) is 14.2 Å². The predicted molar refractivity (Wildman–Crippen MR) is 110 cm³/mol. The van der Waals surface area contributed by atoms with Crippen molar-refractivity contribution in [1.82, 2.24) is 4.90 Å². The molecule has 162 valence electrons. The number of aliphatic hydroxyl groups is 1. The van der Waals surface area contributed by atoms with Crippen LogP contribution in [0.1, 0.15) is 33.6 Å². The number of ether oxygens (including phenoxy) is 2. The Balaban J connectivity index is 2.14. The molecule has 0 spiro atoms. The number of hydrogen-bond donors (Lipinski definition) is 2. The molecule has 8 nitrogen and oxygen atoms in total. The number of methoxy groups -OCH3 is 2. The number of hydrogen-bond acceptors (Lipinski definition) is 6. The number of benzene rings is 1. The van der Waals surface area contributed by atoms with Crippen LogP contribution < -0.4 is 14.4 Å². The van der Waals surface area contributed by atoms with E-state index >= 15 is 0 Å². The van der Waals surface area contributed by atoms with Crippen molar-refractivity contribution in [2.75, 3.05) is 38.8 Å². The first kappa shape index (κ1) is 22.8. The van der Waals surface area contributed by atoms with Gasteiger partial charge in [0, 0.05) is 37.4 Å². The van der Waals surface area contributed by atoms with Crippen LogP contribution in [-0.4, -0.2) is 72.5 Å². The van der Waals surface area contributed by atoms with Crippen molar-refractivity contribution in [2.24, 2.45) is 5.92 Å². The van der Waals surface area contributed by atoms with Crippen LogP contribution in [0.15, 0.2) is 18.2 Å². The number of nitrogens with zero attached hydrogens (tertiary/aromatic N) is 2. The lowest BCUT2D eigenvalue weighted by Crippen LogP contribution is -2.62. The van der Waals surface area contributed by atoms with Gasteiger partial charge in [0.15, 0.2) is 11.5 Å². The number of anilines is 1. The summed E-state index contributed by atoms with van der Waals surface area (Å²) < 4.78 is 10.6. The highest BCUT2D eigenvalue weighted by atomic mass is 16.5. The summed E-state index contributed by atoms with van der Waals surface area (Å²) in [4.78, 5) is 28.2. The van der Waals surface area contributed by atoms with Gasteiger partial charge < -0.3 is 29.5 Å². The molecule has 1 saturated heterocycles. The van der Waals surface area contributed by atoms with E-state index in [9.17, 15) is 19.8 Å².